The van der Waals surface area contributed by atoms with Crippen LogP contribution in [0.4, 0.5) is 0 Å². The van der Waals surface area contributed by atoms with Crippen LogP contribution in [0, 0.1) is 0 Å². The van der Waals surface area contributed by atoms with E-state index in [4.69, 9.17) is 4.74 Å². The minimum atomic E-state index is 0.0126. The van der Waals surface area contributed by atoms with Gasteiger partial charge < -0.3 is 14.5 Å². The highest BCUT2D eigenvalue weighted by molar-refractivity contribution is 6.06. The van der Waals surface area contributed by atoms with E-state index in [0.717, 1.165) is 36.5 Å². The standard InChI is InChI=1S/C22H28N2O2/c1-23(2)14-15-24(3)17-19-6-5-7-20(16-19)22(25)13-10-18-8-11-21(26-4)12-9-18/h5-13,16H,14-15,17H2,1-4H3/b13-10+. The van der Waals surface area contributed by atoms with Gasteiger partial charge in [0.2, 0.25) is 0 Å². The number of hydrogen-bond acceptors (Lipinski definition) is 4. The lowest BCUT2D eigenvalue weighted by Gasteiger charge is -2.19. The number of rotatable bonds is 9. The molecule has 0 unspecified atom stereocenters. The zero-order chi connectivity index (χ0) is 18.9. The Bertz CT molecular complexity index is 736. The molecule has 138 valence electrons. The van der Waals surface area contributed by atoms with Crippen molar-refractivity contribution in [2.75, 3.05) is 41.3 Å². The molecule has 0 atom stereocenters. The zero-order valence-electron chi connectivity index (χ0n) is 16.1. The van der Waals surface area contributed by atoms with Gasteiger partial charge >= 0.3 is 0 Å². The van der Waals surface area contributed by atoms with E-state index in [-0.39, 0.29) is 5.78 Å². The fraction of sp³-hybridized carbons (Fsp3) is 0.318. The number of likely N-dealkylation sites (N-methyl/N-ethyl adjacent to an activating group) is 2. The van der Waals surface area contributed by atoms with Crippen molar-refractivity contribution in [3.05, 3.63) is 71.3 Å². The summed E-state index contributed by atoms with van der Waals surface area (Å²) in [5, 5.41) is 0. The first-order chi connectivity index (χ1) is 12.5. The van der Waals surface area contributed by atoms with Crippen LogP contribution in [-0.2, 0) is 6.54 Å². The molecule has 2 rings (SSSR count). The van der Waals surface area contributed by atoms with Crippen molar-refractivity contribution < 1.29 is 9.53 Å². The molecule has 0 radical (unpaired) electrons. The number of benzene rings is 2. The molecule has 0 fully saturated rings. The summed E-state index contributed by atoms with van der Waals surface area (Å²) in [4.78, 5) is 16.9. The Balaban J connectivity index is 1.99. The van der Waals surface area contributed by atoms with Gasteiger partial charge in [0.1, 0.15) is 5.75 Å². The van der Waals surface area contributed by atoms with Crippen LogP contribution in [0.5, 0.6) is 5.75 Å². The Kier molecular flexibility index (Phi) is 7.57. The summed E-state index contributed by atoms with van der Waals surface area (Å²) in [6, 6.07) is 15.5. The minimum Gasteiger partial charge on any atom is -0.497 e. The second-order valence-electron chi connectivity index (χ2n) is 6.71. The molecule has 0 aliphatic heterocycles. The highest BCUT2D eigenvalue weighted by atomic mass is 16.5. The van der Waals surface area contributed by atoms with E-state index in [9.17, 15) is 4.79 Å². The first-order valence-electron chi connectivity index (χ1n) is 8.76. The van der Waals surface area contributed by atoms with Crippen molar-refractivity contribution in [1.82, 2.24) is 9.80 Å². The van der Waals surface area contributed by atoms with Crippen LogP contribution in [0.2, 0.25) is 0 Å². The number of carbonyl (C=O) groups is 1. The Labute approximate surface area is 156 Å². The Morgan fingerprint density at radius 2 is 1.77 bits per heavy atom. The van der Waals surface area contributed by atoms with Gasteiger partial charge in [0.25, 0.3) is 0 Å². The van der Waals surface area contributed by atoms with Gasteiger partial charge in [0.05, 0.1) is 7.11 Å². The normalized spacial score (nSPS) is 11.5. The number of carbonyl (C=O) groups excluding carboxylic acids is 1. The highest BCUT2D eigenvalue weighted by Crippen LogP contribution is 2.14. The lowest BCUT2D eigenvalue weighted by atomic mass is 10.1. The third-order valence-corrected chi connectivity index (χ3v) is 4.14. The molecule has 2 aromatic rings. The number of methoxy groups -OCH3 is 1. The van der Waals surface area contributed by atoms with E-state index in [0.29, 0.717) is 5.56 Å². The molecule has 0 spiro atoms. The average Bonchev–Trinajstić information content (AvgIpc) is 2.65. The van der Waals surface area contributed by atoms with E-state index >= 15 is 0 Å². The lowest BCUT2D eigenvalue weighted by Crippen LogP contribution is -2.28. The molecule has 0 N–H and O–H groups in total. The topological polar surface area (TPSA) is 32.8 Å². The molecule has 0 aliphatic carbocycles. The molecule has 0 bridgehead atoms. The summed E-state index contributed by atoms with van der Waals surface area (Å²) < 4.78 is 5.14. The van der Waals surface area contributed by atoms with Crippen molar-refractivity contribution in [2.45, 2.75) is 6.54 Å². The van der Waals surface area contributed by atoms with Gasteiger partial charge in [-0.3, -0.25) is 4.79 Å². The number of nitrogens with zero attached hydrogens (tertiary/aromatic N) is 2. The van der Waals surface area contributed by atoms with Crippen molar-refractivity contribution in [3.63, 3.8) is 0 Å². The maximum atomic E-state index is 12.5. The van der Waals surface area contributed by atoms with Gasteiger partial charge in [-0.05, 0) is 56.5 Å². The minimum absolute atomic E-state index is 0.0126. The summed E-state index contributed by atoms with van der Waals surface area (Å²) in [5.74, 6) is 0.818. The maximum absolute atomic E-state index is 12.5. The SMILES string of the molecule is COc1ccc(/C=C/C(=O)c2cccc(CN(C)CCN(C)C)c2)cc1. The first-order valence-corrected chi connectivity index (χ1v) is 8.76. The zero-order valence-corrected chi connectivity index (χ0v) is 16.1. The third kappa shape index (κ3) is 6.47. The molecule has 0 heterocycles. The van der Waals surface area contributed by atoms with Crippen LogP contribution in [-0.4, -0.2) is 56.9 Å². The predicted molar refractivity (Wildman–Crippen MR) is 108 cm³/mol. The molecular weight excluding hydrogens is 324 g/mol. The molecule has 0 saturated heterocycles. The summed E-state index contributed by atoms with van der Waals surface area (Å²) in [5.41, 5.74) is 2.84. The van der Waals surface area contributed by atoms with Gasteiger partial charge in [0, 0.05) is 25.2 Å². The van der Waals surface area contributed by atoms with Gasteiger partial charge in [-0.15, -0.1) is 0 Å². The average molecular weight is 352 g/mol. The van der Waals surface area contributed by atoms with Crippen LogP contribution in [0.15, 0.2) is 54.6 Å². The molecule has 26 heavy (non-hydrogen) atoms. The smallest absolute Gasteiger partial charge is 0.185 e. The fourth-order valence-corrected chi connectivity index (χ4v) is 2.57. The fourth-order valence-electron chi connectivity index (χ4n) is 2.57. The lowest BCUT2D eigenvalue weighted by molar-refractivity contribution is 0.104. The Morgan fingerprint density at radius 3 is 2.42 bits per heavy atom. The second kappa shape index (κ2) is 9.90. The van der Waals surface area contributed by atoms with Crippen LogP contribution in [0.25, 0.3) is 6.08 Å². The van der Waals surface area contributed by atoms with Crippen molar-refractivity contribution >= 4 is 11.9 Å². The van der Waals surface area contributed by atoms with Gasteiger partial charge in [0.15, 0.2) is 5.78 Å². The third-order valence-electron chi connectivity index (χ3n) is 4.14. The predicted octanol–water partition coefficient (Wildman–Crippen LogP) is 3.58. The molecule has 4 nitrogen and oxygen atoms in total. The first kappa shape index (κ1) is 19.9. The van der Waals surface area contributed by atoms with E-state index < -0.39 is 0 Å². The van der Waals surface area contributed by atoms with Gasteiger partial charge in [-0.25, -0.2) is 0 Å². The van der Waals surface area contributed by atoms with Crippen molar-refractivity contribution in [1.29, 1.82) is 0 Å². The monoisotopic (exact) mass is 352 g/mol. The summed E-state index contributed by atoms with van der Waals surface area (Å²) >= 11 is 0. The molecule has 0 aliphatic rings. The van der Waals surface area contributed by atoms with E-state index in [1.54, 1.807) is 13.2 Å². The molecule has 0 amide bonds. The molecular formula is C22H28N2O2. The number of allylic oxidation sites excluding steroid dienone is 1. The van der Waals surface area contributed by atoms with Crippen molar-refractivity contribution in [2.24, 2.45) is 0 Å². The molecule has 4 heteroatoms. The number of ketones is 1. The van der Waals surface area contributed by atoms with Gasteiger partial charge in [-0.2, -0.15) is 0 Å². The van der Waals surface area contributed by atoms with E-state index in [1.165, 1.54) is 0 Å². The maximum Gasteiger partial charge on any atom is 0.185 e. The largest absolute Gasteiger partial charge is 0.497 e. The number of hydrogen-bond donors (Lipinski definition) is 0. The molecule has 0 aromatic heterocycles. The van der Waals surface area contributed by atoms with Crippen LogP contribution >= 0.6 is 0 Å². The van der Waals surface area contributed by atoms with Crippen molar-refractivity contribution in [3.8, 4) is 5.75 Å². The number of ether oxygens (including phenoxy) is 1. The Morgan fingerprint density at radius 1 is 1.04 bits per heavy atom. The van der Waals surface area contributed by atoms with E-state index in [2.05, 4.69) is 37.0 Å². The highest BCUT2D eigenvalue weighted by Gasteiger charge is 2.06. The van der Waals surface area contributed by atoms with Gasteiger partial charge in [-0.1, -0.05) is 36.4 Å². The van der Waals surface area contributed by atoms with Crippen LogP contribution < -0.4 is 4.74 Å². The quantitative estimate of drug-likeness (QED) is 0.510. The van der Waals surface area contributed by atoms with Crippen LogP contribution in [0.3, 0.4) is 0 Å². The Hall–Kier alpha value is -2.43. The van der Waals surface area contributed by atoms with E-state index in [1.807, 2.05) is 48.5 Å². The summed E-state index contributed by atoms with van der Waals surface area (Å²) in [6.07, 6.45) is 3.45. The molecule has 0 saturated carbocycles. The van der Waals surface area contributed by atoms with Crippen LogP contribution in [0.1, 0.15) is 21.5 Å². The summed E-state index contributed by atoms with van der Waals surface area (Å²) in [6.45, 7) is 2.83. The summed E-state index contributed by atoms with van der Waals surface area (Å²) in [7, 11) is 7.88. The second-order valence-corrected chi connectivity index (χ2v) is 6.71. The molecule has 2 aromatic carbocycles.